The summed E-state index contributed by atoms with van der Waals surface area (Å²) in [5.74, 6) is 0. The van der Waals surface area contributed by atoms with Crippen LogP contribution in [0.2, 0.25) is 0 Å². The van der Waals surface area contributed by atoms with Gasteiger partial charge in [-0.15, -0.1) is 21.9 Å². The van der Waals surface area contributed by atoms with Crippen molar-refractivity contribution in [3.8, 4) is 22.3 Å². The Kier molecular flexibility index (Phi) is 6.30. The van der Waals surface area contributed by atoms with Gasteiger partial charge in [0.1, 0.15) is 73.9 Å². The van der Waals surface area contributed by atoms with Gasteiger partial charge in [0.25, 0.3) is 0 Å². The van der Waals surface area contributed by atoms with Crippen molar-refractivity contribution < 1.29 is 4.42 Å². The van der Waals surface area contributed by atoms with Gasteiger partial charge in [-0.3, -0.25) is 0 Å². The van der Waals surface area contributed by atoms with Crippen LogP contribution in [-0.4, -0.2) is 62.8 Å². The van der Waals surface area contributed by atoms with E-state index < -0.39 is 0 Å². The van der Waals surface area contributed by atoms with Gasteiger partial charge in [0.15, 0.2) is 0 Å². The Labute approximate surface area is 271 Å². The molecular weight excluding hydrogens is 535 g/mol. The molecule has 8 rings (SSSR count). The highest BCUT2D eigenvalue weighted by Crippen LogP contribution is 2.45. The normalized spacial score (nSPS) is 11.8. The second-order valence-electron chi connectivity index (χ2n) is 11.4. The van der Waals surface area contributed by atoms with Gasteiger partial charge in [-0.25, -0.2) is 0 Å². The van der Waals surface area contributed by atoms with E-state index in [9.17, 15) is 0 Å². The molecule has 0 aliphatic heterocycles. The molecule has 0 aliphatic carbocycles. The largest absolute Gasteiger partial charge is 0.456 e. The van der Waals surface area contributed by atoms with Crippen molar-refractivity contribution in [1.82, 2.24) is 0 Å². The summed E-state index contributed by atoms with van der Waals surface area (Å²) in [4.78, 5) is 0. The summed E-state index contributed by atoms with van der Waals surface area (Å²) in [5.41, 5.74) is 6.06. The monoisotopic (exact) mass is 550 g/mol. The summed E-state index contributed by atoms with van der Waals surface area (Å²) in [7, 11) is 53.7. The first kappa shape index (κ1) is 28.1. The fourth-order valence-electron chi connectivity index (χ4n) is 6.83. The van der Waals surface area contributed by atoms with Crippen LogP contribution in [0.4, 0.5) is 0 Å². The third kappa shape index (κ3) is 3.86. The van der Waals surface area contributed by atoms with E-state index >= 15 is 0 Å². The molecule has 1 aromatic heterocycles. The topological polar surface area (TPSA) is 13.1 Å². The lowest BCUT2D eigenvalue weighted by Crippen LogP contribution is -2.50. The average Bonchev–Trinajstić information content (AvgIpc) is 3.43. The number of rotatable bonds is 2. The van der Waals surface area contributed by atoms with Crippen LogP contribution in [-0.2, 0) is 0 Å². The Balaban J connectivity index is 1.71. The summed E-state index contributed by atoms with van der Waals surface area (Å²) < 4.78 is 6.43. The lowest BCUT2D eigenvalue weighted by atomic mass is 9.59. The third-order valence-electron chi connectivity index (χ3n) is 9.01. The van der Waals surface area contributed by atoms with Gasteiger partial charge in [0.05, 0.1) is 0 Å². The number of furan rings is 1. The molecule has 9 heteroatoms. The summed E-state index contributed by atoms with van der Waals surface area (Å²) in [6.07, 6.45) is 0. The molecule has 0 N–H and O–H groups in total. The second-order valence-corrected chi connectivity index (χ2v) is 11.4. The number of benzene rings is 7. The van der Waals surface area contributed by atoms with Gasteiger partial charge < -0.3 is 4.42 Å². The Morgan fingerprint density at radius 2 is 0.867 bits per heavy atom. The first-order valence-corrected chi connectivity index (χ1v) is 14.4. The fourth-order valence-corrected chi connectivity index (χ4v) is 6.83. The van der Waals surface area contributed by atoms with Gasteiger partial charge >= 0.3 is 0 Å². The van der Waals surface area contributed by atoms with E-state index in [0.29, 0.717) is 38.3 Å². The minimum atomic E-state index is 0.171. The van der Waals surface area contributed by atoms with Gasteiger partial charge in [0, 0.05) is 10.8 Å². The van der Waals surface area contributed by atoms with Crippen LogP contribution in [0.1, 0.15) is 0 Å². The SMILES string of the molecule is [B]c1c([B])c([B])c2c(-c3cccc4oc5cc6ccccc6cc5c34)c3c([B])c([B])c([B])c([B])c3c(-c3ccccc3)c2c1[B]. The molecule has 0 spiro atoms. The van der Waals surface area contributed by atoms with E-state index in [1.54, 1.807) is 0 Å². The zero-order valence-corrected chi connectivity index (χ0v) is 24.1. The molecular formula is C36H14B8O. The molecule has 0 aliphatic rings. The summed E-state index contributed by atoms with van der Waals surface area (Å²) in [6.45, 7) is 0. The Hall–Kier alpha value is -4.36. The molecule has 0 saturated heterocycles. The molecule has 1 heterocycles. The highest BCUT2D eigenvalue weighted by Gasteiger charge is 2.26. The minimum absolute atomic E-state index is 0.171. The van der Waals surface area contributed by atoms with Crippen molar-refractivity contribution in [3.05, 3.63) is 84.9 Å². The first-order chi connectivity index (χ1) is 21.7. The van der Waals surface area contributed by atoms with Gasteiger partial charge in [0.2, 0.25) is 0 Å². The maximum Gasteiger partial charge on any atom is 0.136 e. The quantitative estimate of drug-likeness (QED) is 0.229. The molecule has 8 aromatic rings. The van der Waals surface area contributed by atoms with Gasteiger partial charge in [-0.05, 0) is 72.8 Å². The fraction of sp³-hybridized carbons (Fsp3) is 0. The van der Waals surface area contributed by atoms with Gasteiger partial charge in [-0.1, -0.05) is 88.6 Å². The number of hydrogen-bond acceptors (Lipinski definition) is 1. The molecule has 0 saturated carbocycles. The predicted octanol–water partition coefficient (Wildman–Crippen LogP) is 0.730. The molecule has 0 amide bonds. The minimum Gasteiger partial charge on any atom is -0.456 e. The van der Waals surface area contributed by atoms with Crippen LogP contribution in [0.25, 0.3) is 76.5 Å². The van der Waals surface area contributed by atoms with Crippen LogP contribution >= 0.6 is 0 Å². The smallest absolute Gasteiger partial charge is 0.136 e. The number of hydrogen-bond donors (Lipinski definition) is 0. The second kappa shape index (κ2) is 10.1. The molecule has 16 radical (unpaired) electrons. The van der Waals surface area contributed by atoms with E-state index in [-0.39, 0.29) is 43.7 Å². The van der Waals surface area contributed by atoms with Crippen molar-refractivity contribution in [2.45, 2.75) is 0 Å². The third-order valence-corrected chi connectivity index (χ3v) is 9.01. The lowest BCUT2D eigenvalue weighted by Gasteiger charge is -2.28. The van der Waals surface area contributed by atoms with Crippen molar-refractivity contribution >= 4 is 161 Å². The van der Waals surface area contributed by atoms with Crippen molar-refractivity contribution in [1.29, 1.82) is 0 Å². The van der Waals surface area contributed by atoms with Crippen LogP contribution in [0, 0.1) is 0 Å². The van der Waals surface area contributed by atoms with Crippen molar-refractivity contribution in [2.75, 3.05) is 0 Å². The molecule has 1 nitrogen and oxygen atoms in total. The van der Waals surface area contributed by atoms with E-state index in [1.807, 2.05) is 66.7 Å². The molecule has 0 unspecified atom stereocenters. The molecule has 188 valence electrons. The standard InChI is InChI=1S/C36H14B8O/c37-29-25-22(15-7-2-1-3-8-15)26-28(32(40)36(44)34(42)30(26)38)24(27(25)31(39)35(43)33(29)41)18-11-6-12-20-23(18)19-13-16-9-4-5-10-17(16)14-21(19)45-20/h1-14H. The summed E-state index contributed by atoms with van der Waals surface area (Å²) in [5, 5.41) is 6.21. The lowest BCUT2D eigenvalue weighted by molar-refractivity contribution is 0.669. The van der Waals surface area contributed by atoms with Crippen LogP contribution in [0.5, 0.6) is 0 Å². The zero-order chi connectivity index (χ0) is 31.3. The summed E-state index contributed by atoms with van der Waals surface area (Å²) >= 11 is 0. The maximum atomic E-state index is 6.91. The van der Waals surface area contributed by atoms with Crippen LogP contribution in [0.15, 0.2) is 89.3 Å². The molecule has 45 heavy (non-hydrogen) atoms. The molecule has 0 bridgehead atoms. The molecule has 7 aromatic carbocycles. The summed E-state index contributed by atoms with van der Waals surface area (Å²) in [6, 6.07) is 27.8. The highest BCUT2D eigenvalue weighted by atomic mass is 16.3. The van der Waals surface area contributed by atoms with Gasteiger partial charge in [-0.2, -0.15) is 0 Å². The Morgan fingerprint density at radius 1 is 0.378 bits per heavy atom. The molecule has 0 atom stereocenters. The predicted molar refractivity (Wildman–Crippen MR) is 200 cm³/mol. The van der Waals surface area contributed by atoms with Crippen LogP contribution in [0.3, 0.4) is 0 Å². The Bertz CT molecular complexity index is 2490. The van der Waals surface area contributed by atoms with E-state index in [0.717, 1.165) is 38.3 Å². The highest BCUT2D eigenvalue weighted by molar-refractivity contribution is 6.71. The average molecular weight is 549 g/mol. The van der Waals surface area contributed by atoms with E-state index in [1.165, 1.54) is 0 Å². The Morgan fingerprint density at radius 3 is 1.42 bits per heavy atom. The number of fused-ring (bicyclic) bond motifs is 6. The first-order valence-electron chi connectivity index (χ1n) is 14.4. The zero-order valence-electron chi connectivity index (χ0n) is 24.1. The van der Waals surface area contributed by atoms with Crippen LogP contribution < -0.4 is 43.7 Å². The van der Waals surface area contributed by atoms with E-state index in [2.05, 4.69) is 18.2 Å². The van der Waals surface area contributed by atoms with Crippen molar-refractivity contribution in [2.24, 2.45) is 0 Å². The van der Waals surface area contributed by atoms with E-state index in [4.69, 9.17) is 67.2 Å². The maximum absolute atomic E-state index is 6.91. The van der Waals surface area contributed by atoms with Crippen molar-refractivity contribution in [3.63, 3.8) is 0 Å². The molecule has 0 fully saturated rings.